The van der Waals surface area contributed by atoms with E-state index in [0.717, 1.165) is 23.3 Å². The molecule has 0 bridgehead atoms. The Morgan fingerprint density at radius 2 is 1.95 bits per heavy atom. The summed E-state index contributed by atoms with van der Waals surface area (Å²) in [5.74, 6) is 1.65. The van der Waals surface area contributed by atoms with Gasteiger partial charge in [-0.1, -0.05) is 32.9 Å². The molecule has 0 aliphatic carbocycles. The van der Waals surface area contributed by atoms with Crippen molar-refractivity contribution in [1.29, 1.82) is 0 Å². The summed E-state index contributed by atoms with van der Waals surface area (Å²) in [5.41, 5.74) is 2.05. The van der Waals surface area contributed by atoms with E-state index >= 15 is 0 Å². The predicted octanol–water partition coefficient (Wildman–Crippen LogP) is 3.59. The third-order valence-electron chi connectivity index (χ3n) is 3.80. The van der Waals surface area contributed by atoms with E-state index in [9.17, 15) is 4.79 Å². The molecule has 1 aliphatic heterocycles. The van der Waals surface area contributed by atoms with E-state index in [0.29, 0.717) is 12.3 Å². The van der Waals surface area contributed by atoms with Gasteiger partial charge in [-0.05, 0) is 24.1 Å². The minimum Gasteiger partial charge on any atom is -0.441 e. The SMILES string of the molecule is CC(C)(C)c1cnc(-c2ccc(C3CCC(=O)N3)cc2)o1. The maximum Gasteiger partial charge on any atom is 0.226 e. The zero-order chi connectivity index (χ0) is 15.0. The van der Waals surface area contributed by atoms with E-state index in [-0.39, 0.29) is 17.4 Å². The van der Waals surface area contributed by atoms with E-state index in [1.165, 1.54) is 0 Å². The maximum absolute atomic E-state index is 11.3. The molecule has 1 aromatic carbocycles. The quantitative estimate of drug-likeness (QED) is 0.917. The Morgan fingerprint density at radius 1 is 1.24 bits per heavy atom. The lowest BCUT2D eigenvalue weighted by atomic mass is 9.94. The number of hydrogen-bond donors (Lipinski definition) is 1. The van der Waals surface area contributed by atoms with Crippen molar-refractivity contribution in [3.05, 3.63) is 41.8 Å². The standard InChI is InChI=1S/C17H20N2O2/c1-17(2,3)14-10-18-16(21-14)12-6-4-11(5-7-12)13-8-9-15(20)19-13/h4-7,10,13H,8-9H2,1-3H3,(H,19,20). The Morgan fingerprint density at radius 3 is 2.48 bits per heavy atom. The summed E-state index contributed by atoms with van der Waals surface area (Å²) in [5, 5.41) is 2.98. The molecular formula is C17H20N2O2. The highest BCUT2D eigenvalue weighted by Crippen LogP contribution is 2.29. The second kappa shape index (κ2) is 5.02. The normalized spacial score (nSPS) is 18.8. The van der Waals surface area contributed by atoms with Gasteiger partial charge in [-0.25, -0.2) is 4.98 Å². The largest absolute Gasteiger partial charge is 0.441 e. The molecule has 21 heavy (non-hydrogen) atoms. The van der Waals surface area contributed by atoms with Crippen LogP contribution in [0.2, 0.25) is 0 Å². The molecule has 1 aromatic heterocycles. The minimum atomic E-state index is -0.0423. The molecule has 3 rings (SSSR count). The number of carbonyl (C=O) groups is 1. The second-order valence-corrected chi connectivity index (χ2v) is 6.56. The van der Waals surface area contributed by atoms with Crippen LogP contribution in [0.25, 0.3) is 11.5 Å². The molecule has 1 N–H and O–H groups in total. The summed E-state index contributed by atoms with van der Waals surface area (Å²) in [4.78, 5) is 15.6. The number of aromatic nitrogens is 1. The first-order valence-electron chi connectivity index (χ1n) is 7.29. The Bertz CT molecular complexity index is 650. The molecule has 0 radical (unpaired) electrons. The molecular weight excluding hydrogens is 264 g/mol. The molecule has 1 unspecified atom stereocenters. The van der Waals surface area contributed by atoms with Crippen LogP contribution in [0.4, 0.5) is 0 Å². The maximum atomic E-state index is 11.3. The smallest absolute Gasteiger partial charge is 0.226 e. The molecule has 110 valence electrons. The van der Waals surface area contributed by atoms with E-state index < -0.39 is 0 Å². The average Bonchev–Trinajstić information content (AvgIpc) is 3.07. The zero-order valence-electron chi connectivity index (χ0n) is 12.6. The van der Waals surface area contributed by atoms with Gasteiger partial charge in [-0.15, -0.1) is 0 Å². The highest BCUT2D eigenvalue weighted by molar-refractivity contribution is 5.78. The van der Waals surface area contributed by atoms with Crippen LogP contribution < -0.4 is 5.32 Å². The molecule has 2 aromatic rings. The van der Waals surface area contributed by atoms with Crippen molar-refractivity contribution < 1.29 is 9.21 Å². The molecule has 1 fully saturated rings. The first kappa shape index (κ1) is 13.9. The van der Waals surface area contributed by atoms with Gasteiger partial charge in [-0.2, -0.15) is 0 Å². The highest BCUT2D eigenvalue weighted by Gasteiger charge is 2.23. The van der Waals surface area contributed by atoms with E-state index in [1.54, 1.807) is 6.20 Å². The first-order chi connectivity index (χ1) is 9.93. The number of rotatable bonds is 2. The van der Waals surface area contributed by atoms with Gasteiger partial charge < -0.3 is 9.73 Å². The number of hydrogen-bond acceptors (Lipinski definition) is 3. The predicted molar refractivity (Wildman–Crippen MR) is 80.8 cm³/mol. The Labute approximate surface area is 124 Å². The van der Waals surface area contributed by atoms with Gasteiger partial charge in [0, 0.05) is 17.4 Å². The monoisotopic (exact) mass is 284 g/mol. The number of oxazole rings is 1. The molecule has 4 heteroatoms. The molecule has 1 aliphatic rings. The first-order valence-corrected chi connectivity index (χ1v) is 7.29. The van der Waals surface area contributed by atoms with Crippen molar-refractivity contribution in [3.63, 3.8) is 0 Å². The van der Waals surface area contributed by atoms with Gasteiger partial charge in [0.25, 0.3) is 0 Å². The third kappa shape index (κ3) is 2.84. The second-order valence-electron chi connectivity index (χ2n) is 6.56. The van der Waals surface area contributed by atoms with Crippen LogP contribution in [-0.2, 0) is 10.2 Å². The van der Waals surface area contributed by atoms with Crippen LogP contribution in [0, 0.1) is 0 Å². The summed E-state index contributed by atoms with van der Waals surface area (Å²) >= 11 is 0. The van der Waals surface area contributed by atoms with Crippen molar-refractivity contribution in [2.45, 2.75) is 45.1 Å². The zero-order valence-corrected chi connectivity index (χ0v) is 12.6. The van der Waals surface area contributed by atoms with Crippen LogP contribution in [0.5, 0.6) is 0 Å². The lowest BCUT2D eigenvalue weighted by Gasteiger charge is -2.13. The highest BCUT2D eigenvalue weighted by atomic mass is 16.4. The van der Waals surface area contributed by atoms with E-state index in [1.807, 2.05) is 24.3 Å². The van der Waals surface area contributed by atoms with Crippen molar-refractivity contribution in [2.75, 3.05) is 0 Å². The molecule has 2 heterocycles. The number of benzene rings is 1. The summed E-state index contributed by atoms with van der Waals surface area (Å²) in [6.45, 7) is 6.30. The van der Waals surface area contributed by atoms with Gasteiger partial charge in [-0.3, -0.25) is 4.79 Å². The van der Waals surface area contributed by atoms with Gasteiger partial charge >= 0.3 is 0 Å². The fourth-order valence-electron chi connectivity index (χ4n) is 2.48. The fraction of sp³-hybridized carbons (Fsp3) is 0.412. The summed E-state index contributed by atoms with van der Waals surface area (Å²) in [6, 6.07) is 8.20. The Balaban J connectivity index is 1.81. The van der Waals surface area contributed by atoms with Gasteiger partial charge in [0.1, 0.15) is 5.76 Å². The third-order valence-corrected chi connectivity index (χ3v) is 3.80. The molecule has 1 amide bonds. The molecule has 4 nitrogen and oxygen atoms in total. The van der Waals surface area contributed by atoms with Crippen molar-refractivity contribution in [2.24, 2.45) is 0 Å². The van der Waals surface area contributed by atoms with Crippen LogP contribution in [0.3, 0.4) is 0 Å². The summed E-state index contributed by atoms with van der Waals surface area (Å²) in [6.07, 6.45) is 3.27. The van der Waals surface area contributed by atoms with Gasteiger partial charge in [0.05, 0.1) is 12.2 Å². The number of nitrogens with one attached hydrogen (secondary N) is 1. The minimum absolute atomic E-state index is 0.0423. The van der Waals surface area contributed by atoms with E-state index in [4.69, 9.17) is 4.42 Å². The van der Waals surface area contributed by atoms with Crippen LogP contribution in [-0.4, -0.2) is 10.9 Å². The molecule has 0 spiro atoms. The van der Waals surface area contributed by atoms with Gasteiger partial charge in [0.15, 0.2) is 0 Å². The van der Waals surface area contributed by atoms with Crippen LogP contribution in [0.1, 0.15) is 51.0 Å². The van der Waals surface area contributed by atoms with Crippen molar-refractivity contribution in [1.82, 2.24) is 10.3 Å². The average molecular weight is 284 g/mol. The molecule has 1 saturated heterocycles. The number of amides is 1. The Kier molecular flexibility index (Phi) is 3.32. The van der Waals surface area contributed by atoms with E-state index in [2.05, 4.69) is 31.1 Å². The summed E-state index contributed by atoms with van der Waals surface area (Å²) < 4.78 is 5.84. The number of nitrogens with zero attached hydrogens (tertiary/aromatic N) is 1. The lowest BCUT2D eigenvalue weighted by molar-refractivity contribution is -0.119. The molecule has 0 saturated carbocycles. The van der Waals surface area contributed by atoms with Crippen molar-refractivity contribution in [3.8, 4) is 11.5 Å². The van der Waals surface area contributed by atoms with Crippen molar-refractivity contribution >= 4 is 5.91 Å². The van der Waals surface area contributed by atoms with Gasteiger partial charge in [0.2, 0.25) is 11.8 Å². The molecule has 1 atom stereocenters. The Hall–Kier alpha value is -2.10. The van der Waals surface area contributed by atoms with Crippen LogP contribution >= 0.6 is 0 Å². The summed E-state index contributed by atoms with van der Waals surface area (Å²) in [7, 11) is 0. The lowest BCUT2D eigenvalue weighted by Crippen LogP contribution is -2.18. The topological polar surface area (TPSA) is 55.1 Å². The number of carbonyl (C=O) groups excluding carboxylic acids is 1. The fourth-order valence-corrected chi connectivity index (χ4v) is 2.48. The van der Waals surface area contributed by atoms with Crippen LogP contribution in [0.15, 0.2) is 34.9 Å².